The van der Waals surface area contributed by atoms with E-state index in [0.717, 1.165) is 25.1 Å². The maximum Gasteiger partial charge on any atom is 0.164 e. The summed E-state index contributed by atoms with van der Waals surface area (Å²) >= 11 is 0. The van der Waals surface area contributed by atoms with Gasteiger partial charge >= 0.3 is 0 Å². The number of aryl methyl sites for hydroxylation is 2. The average Bonchev–Trinajstić information content (AvgIpc) is 2.45. The zero-order valence-corrected chi connectivity index (χ0v) is 12.3. The number of nitrogens with zero attached hydrogens (tertiary/aromatic N) is 1. The molecule has 3 rings (SSSR count). The monoisotopic (exact) mass is 283 g/mol. The van der Waals surface area contributed by atoms with E-state index in [1.165, 1.54) is 24.1 Å². The lowest BCUT2D eigenvalue weighted by Gasteiger charge is -2.32. The van der Waals surface area contributed by atoms with Crippen molar-refractivity contribution in [3.63, 3.8) is 0 Å². The lowest BCUT2D eigenvalue weighted by Crippen LogP contribution is -2.26. The molecule has 0 atom stereocenters. The molecule has 0 aliphatic carbocycles. The van der Waals surface area contributed by atoms with Crippen LogP contribution in [0.25, 0.3) is 0 Å². The fourth-order valence-electron chi connectivity index (χ4n) is 3.06. The van der Waals surface area contributed by atoms with Gasteiger partial charge in [0.2, 0.25) is 0 Å². The van der Waals surface area contributed by atoms with Gasteiger partial charge in [-0.1, -0.05) is 23.8 Å². The van der Waals surface area contributed by atoms with Gasteiger partial charge in [-0.05, 0) is 50.5 Å². The second-order valence-electron chi connectivity index (χ2n) is 5.58. The molecule has 0 bridgehead atoms. The van der Waals surface area contributed by atoms with Gasteiger partial charge in [-0.2, -0.15) is 0 Å². The van der Waals surface area contributed by atoms with Crippen molar-refractivity contribution in [3.05, 3.63) is 58.9 Å². The van der Waals surface area contributed by atoms with Crippen LogP contribution in [0.4, 0.5) is 15.8 Å². The molecule has 0 saturated carbocycles. The van der Waals surface area contributed by atoms with Crippen molar-refractivity contribution in [3.8, 4) is 0 Å². The Morgan fingerprint density at radius 1 is 1.19 bits per heavy atom. The number of hydrogen-bond donors (Lipinski definition) is 0. The Morgan fingerprint density at radius 2 is 2.00 bits per heavy atom. The Bertz CT molecular complexity index is 708. The predicted octanol–water partition coefficient (Wildman–Crippen LogP) is 4.42. The number of carbonyl (C=O) groups is 1. The molecule has 0 spiro atoms. The van der Waals surface area contributed by atoms with Crippen LogP contribution in [0.1, 0.15) is 34.8 Å². The summed E-state index contributed by atoms with van der Waals surface area (Å²) < 4.78 is 14.0. The fourth-order valence-corrected chi connectivity index (χ4v) is 3.06. The predicted molar refractivity (Wildman–Crippen MR) is 82.9 cm³/mol. The zero-order valence-electron chi connectivity index (χ0n) is 12.3. The molecule has 21 heavy (non-hydrogen) atoms. The van der Waals surface area contributed by atoms with Crippen molar-refractivity contribution in [2.45, 2.75) is 26.7 Å². The van der Waals surface area contributed by atoms with E-state index in [9.17, 15) is 9.18 Å². The van der Waals surface area contributed by atoms with Gasteiger partial charge in [-0.25, -0.2) is 4.39 Å². The van der Waals surface area contributed by atoms with Crippen LogP contribution < -0.4 is 4.90 Å². The van der Waals surface area contributed by atoms with Crippen LogP contribution in [0.15, 0.2) is 36.4 Å². The molecule has 108 valence electrons. The van der Waals surface area contributed by atoms with Crippen LogP contribution in [0.2, 0.25) is 0 Å². The van der Waals surface area contributed by atoms with Crippen molar-refractivity contribution in [2.24, 2.45) is 0 Å². The standard InChI is InChI=1S/C18H18FNO/c1-12-8-9-16-14(11-12)5-4-10-20(16)17-7-3-6-15(19)18(17)13(2)21/h3,6-9,11H,4-5,10H2,1-2H3. The number of Topliss-reactive ketones (excluding diaryl/α,β-unsaturated/α-hetero) is 1. The van der Waals surface area contributed by atoms with Crippen LogP contribution in [-0.4, -0.2) is 12.3 Å². The van der Waals surface area contributed by atoms with Crippen molar-refractivity contribution in [1.82, 2.24) is 0 Å². The number of halogens is 1. The van der Waals surface area contributed by atoms with Crippen LogP contribution in [0.3, 0.4) is 0 Å². The fraction of sp³-hybridized carbons (Fsp3) is 0.278. The zero-order chi connectivity index (χ0) is 15.0. The maximum absolute atomic E-state index is 14.0. The smallest absolute Gasteiger partial charge is 0.164 e. The Labute approximate surface area is 124 Å². The number of anilines is 2. The van der Waals surface area contributed by atoms with Gasteiger partial charge in [0.25, 0.3) is 0 Å². The topological polar surface area (TPSA) is 20.3 Å². The van der Waals surface area contributed by atoms with E-state index in [1.807, 2.05) is 6.07 Å². The summed E-state index contributed by atoms with van der Waals surface area (Å²) in [6, 6.07) is 11.1. The molecule has 0 amide bonds. The molecule has 1 aliphatic rings. The normalized spacial score (nSPS) is 14.0. The third-order valence-electron chi connectivity index (χ3n) is 3.99. The minimum Gasteiger partial charge on any atom is -0.341 e. The highest BCUT2D eigenvalue weighted by molar-refractivity contribution is 6.01. The first-order valence-corrected chi connectivity index (χ1v) is 7.24. The molecule has 0 fully saturated rings. The Kier molecular flexibility index (Phi) is 3.50. The molecule has 0 saturated heterocycles. The lowest BCUT2D eigenvalue weighted by atomic mass is 9.97. The van der Waals surface area contributed by atoms with Gasteiger partial charge in [-0.15, -0.1) is 0 Å². The molecule has 2 aromatic carbocycles. The van der Waals surface area contributed by atoms with Crippen LogP contribution in [0.5, 0.6) is 0 Å². The number of carbonyl (C=O) groups excluding carboxylic acids is 1. The van der Waals surface area contributed by atoms with Gasteiger partial charge in [0.15, 0.2) is 5.78 Å². The maximum atomic E-state index is 14.0. The molecule has 0 radical (unpaired) electrons. The van der Waals surface area contributed by atoms with Crippen LogP contribution >= 0.6 is 0 Å². The second-order valence-corrected chi connectivity index (χ2v) is 5.58. The average molecular weight is 283 g/mol. The number of hydrogen-bond acceptors (Lipinski definition) is 2. The quantitative estimate of drug-likeness (QED) is 0.760. The molecule has 3 heteroatoms. The van der Waals surface area contributed by atoms with Crippen LogP contribution in [-0.2, 0) is 6.42 Å². The van der Waals surface area contributed by atoms with E-state index in [-0.39, 0.29) is 11.3 Å². The molecular weight excluding hydrogens is 265 g/mol. The van der Waals surface area contributed by atoms with E-state index in [0.29, 0.717) is 5.69 Å². The minimum atomic E-state index is -0.445. The molecule has 0 aromatic heterocycles. The largest absolute Gasteiger partial charge is 0.341 e. The Balaban J connectivity index is 2.16. The SMILES string of the molecule is CC(=O)c1c(F)cccc1N1CCCc2cc(C)ccc21. The van der Waals surface area contributed by atoms with Crippen molar-refractivity contribution in [1.29, 1.82) is 0 Å². The number of ketones is 1. The lowest BCUT2D eigenvalue weighted by molar-refractivity contribution is 0.101. The Hall–Kier alpha value is -2.16. The summed E-state index contributed by atoms with van der Waals surface area (Å²) in [4.78, 5) is 13.9. The van der Waals surface area contributed by atoms with E-state index < -0.39 is 5.82 Å². The summed E-state index contributed by atoms with van der Waals surface area (Å²) in [6.45, 7) is 4.30. The first kappa shape index (κ1) is 13.8. The molecule has 1 aliphatic heterocycles. The van der Waals surface area contributed by atoms with Crippen molar-refractivity contribution in [2.75, 3.05) is 11.4 Å². The molecule has 1 heterocycles. The summed E-state index contributed by atoms with van der Waals surface area (Å²) in [6.07, 6.45) is 2.03. The van der Waals surface area contributed by atoms with Gasteiger partial charge in [0.1, 0.15) is 5.82 Å². The van der Waals surface area contributed by atoms with Crippen molar-refractivity contribution >= 4 is 17.2 Å². The van der Waals surface area contributed by atoms with Crippen molar-refractivity contribution < 1.29 is 9.18 Å². The summed E-state index contributed by atoms with van der Waals surface area (Å²) in [5.74, 6) is -0.679. The third kappa shape index (κ3) is 2.44. The highest BCUT2D eigenvalue weighted by Crippen LogP contribution is 2.36. The van der Waals surface area contributed by atoms with Crippen LogP contribution in [0, 0.1) is 12.7 Å². The van der Waals surface area contributed by atoms with Gasteiger partial charge in [0, 0.05) is 12.2 Å². The minimum absolute atomic E-state index is 0.186. The molecule has 2 aromatic rings. The highest BCUT2D eigenvalue weighted by Gasteiger charge is 2.23. The summed E-state index contributed by atoms with van der Waals surface area (Å²) in [5.41, 5.74) is 4.43. The second kappa shape index (κ2) is 5.32. The molecular formula is C18H18FNO. The van der Waals surface area contributed by atoms with Gasteiger partial charge < -0.3 is 4.90 Å². The molecule has 0 unspecified atom stereocenters. The highest BCUT2D eigenvalue weighted by atomic mass is 19.1. The first-order valence-electron chi connectivity index (χ1n) is 7.24. The third-order valence-corrected chi connectivity index (χ3v) is 3.99. The van der Waals surface area contributed by atoms with E-state index in [1.54, 1.807) is 6.07 Å². The molecule has 2 nitrogen and oxygen atoms in total. The summed E-state index contributed by atoms with van der Waals surface area (Å²) in [7, 11) is 0. The number of benzene rings is 2. The Morgan fingerprint density at radius 3 is 2.76 bits per heavy atom. The van der Waals surface area contributed by atoms with E-state index in [2.05, 4.69) is 30.0 Å². The first-order chi connectivity index (χ1) is 10.1. The molecule has 0 N–H and O–H groups in total. The van der Waals surface area contributed by atoms with E-state index in [4.69, 9.17) is 0 Å². The summed E-state index contributed by atoms with van der Waals surface area (Å²) in [5, 5.41) is 0. The number of rotatable bonds is 2. The van der Waals surface area contributed by atoms with E-state index >= 15 is 0 Å². The van der Waals surface area contributed by atoms with Gasteiger partial charge in [-0.3, -0.25) is 4.79 Å². The van der Waals surface area contributed by atoms with Gasteiger partial charge in [0.05, 0.1) is 11.3 Å². The number of fused-ring (bicyclic) bond motifs is 1.